The van der Waals surface area contributed by atoms with E-state index in [2.05, 4.69) is 34.2 Å². The molecule has 0 amide bonds. The number of nitrogens with one attached hydrogen (secondary N) is 1. The highest BCUT2D eigenvalue weighted by atomic mass is 79.9. The molecule has 0 spiro atoms. The summed E-state index contributed by atoms with van der Waals surface area (Å²) in [6, 6.07) is 2.14. The lowest BCUT2D eigenvalue weighted by atomic mass is 10.3. The molecule has 16 heavy (non-hydrogen) atoms. The Balaban J connectivity index is 2.21. The van der Waals surface area contributed by atoms with Gasteiger partial charge in [-0.3, -0.25) is 0 Å². The maximum Gasteiger partial charge on any atom is 0.147 e. The Bertz CT molecular complexity index is 420. The zero-order valence-corrected chi connectivity index (χ0v) is 12.6. The van der Waals surface area contributed by atoms with Gasteiger partial charge in [0.15, 0.2) is 0 Å². The third-order valence-corrected chi connectivity index (χ3v) is 5.24. The third-order valence-electron chi connectivity index (χ3n) is 2.08. The number of aryl methyl sites for hydroxylation is 1. The number of thiophene rings is 1. The summed E-state index contributed by atoms with van der Waals surface area (Å²) in [6.07, 6.45) is 1.94. The monoisotopic (exact) mass is 325 g/mol. The topological polar surface area (TPSA) is 46.2 Å². The lowest BCUT2D eigenvalue weighted by Crippen LogP contribution is -2.17. The summed E-state index contributed by atoms with van der Waals surface area (Å²) < 4.78 is 22.9. The molecule has 1 N–H and O–H groups in total. The molecule has 1 rings (SSSR count). The van der Waals surface area contributed by atoms with Crippen molar-refractivity contribution in [3.05, 3.63) is 20.3 Å². The number of sulfone groups is 1. The highest BCUT2D eigenvalue weighted by Crippen LogP contribution is 2.26. The number of hydrogen-bond donors (Lipinski definition) is 1. The van der Waals surface area contributed by atoms with Crippen molar-refractivity contribution in [1.29, 1.82) is 0 Å². The Morgan fingerprint density at radius 3 is 2.69 bits per heavy atom. The van der Waals surface area contributed by atoms with Gasteiger partial charge in [0.1, 0.15) is 9.84 Å². The minimum atomic E-state index is -2.82. The highest BCUT2D eigenvalue weighted by Gasteiger charge is 2.03. The molecule has 1 aromatic rings. The van der Waals surface area contributed by atoms with Crippen molar-refractivity contribution in [2.45, 2.75) is 19.9 Å². The number of rotatable bonds is 6. The molecule has 0 saturated carbocycles. The summed E-state index contributed by atoms with van der Waals surface area (Å²) in [5.74, 6) is 0.257. The van der Waals surface area contributed by atoms with Crippen LogP contribution >= 0.6 is 27.3 Å². The lowest BCUT2D eigenvalue weighted by Gasteiger charge is -2.01. The molecule has 3 nitrogen and oxygen atoms in total. The molecule has 0 aliphatic heterocycles. The average Bonchev–Trinajstić information content (AvgIpc) is 2.44. The van der Waals surface area contributed by atoms with Crippen LogP contribution in [0.4, 0.5) is 0 Å². The van der Waals surface area contributed by atoms with E-state index in [4.69, 9.17) is 0 Å². The van der Waals surface area contributed by atoms with E-state index in [9.17, 15) is 8.42 Å². The Kier molecular flexibility index (Phi) is 5.43. The van der Waals surface area contributed by atoms with Crippen LogP contribution < -0.4 is 5.32 Å². The van der Waals surface area contributed by atoms with Crippen molar-refractivity contribution in [2.24, 2.45) is 0 Å². The fraction of sp³-hybridized carbons (Fsp3) is 0.600. The first-order chi connectivity index (χ1) is 7.38. The van der Waals surface area contributed by atoms with Crippen LogP contribution in [0.1, 0.15) is 16.9 Å². The molecule has 0 saturated heterocycles. The Morgan fingerprint density at radius 1 is 1.50 bits per heavy atom. The second-order valence-corrected chi connectivity index (χ2v) is 8.54. The first-order valence-electron chi connectivity index (χ1n) is 5.02. The van der Waals surface area contributed by atoms with Gasteiger partial charge in [0.25, 0.3) is 0 Å². The van der Waals surface area contributed by atoms with Gasteiger partial charge in [-0.25, -0.2) is 8.42 Å². The molecule has 0 aromatic carbocycles. The zero-order chi connectivity index (χ0) is 12.2. The molecule has 0 bridgehead atoms. The van der Waals surface area contributed by atoms with Gasteiger partial charge in [-0.1, -0.05) is 0 Å². The maximum absolute atomic E-state index is 10.9. The molecule has 0 fully saturated rings. The molecule has 6 heteroatoms. The van der Waals surface area contributed by atoms with Crippen LogP contribution in [0.15, 0.2) is 9.85 Å². The van der Waals surface area contributed by atoms with E-state index in [0.29, 0.717) is 6.42 Å². The minimum Gasteiger partial charge on any atom is -0.312 e. The van der Waals surface area contributed by atoms with Gasteiger partial charge >= 0.3 is 0 Å². The molecular formula is C10H16BrNO2S2. The first-order valence-corrected chi connectivity index (χ1v) is 8.69. The van der Waals surface area contributed by atoms with Crippen LogP contribution in [-0.4, -0.2) is 27.0 Å². The fourth-order valence-electron chi connectivity index (χ4n) is 1.28. The summed E-state index contributed by atoms with van der Waals surface area (Å²) in [7, 11) is -2.82. The smallest absolute Gasteiger partial charge is 0.147 e. The highest BCUT2D eigenvalue weighted by molar-refractivity contribution is 9.11. The molecule has 0 aliphatic rings. The van der Waals surface area contributed by atoms with Gasteiger partial charge in [0.2, 0.25) is 0 Å². The second-order valence-electron chi connectivity index (χ2n) is 3.83. The predicted octanol–water partition coefficient (Wildman–Crippen LogP) is 2.34. The zero-order valence-electron chi connectivity index (χ0n) is 9.42. The second kappa shape index (κ2) is 6.14. The molecule has 92 valence electrons. The summed E-state index contributed by atoms with van der Waals surface area (Å²) in [5, 5.41) is 3.24. The quantitative estimate of drug-likeness (QED) is 0.816. The SMILES string of the molecule is Cc1cc(CNCCCS(C)(=O)=O)sc1Br. The van der Waals surface area contributed by atoms with E-state index >= 15 is 0 Å². The van der Waals surface area contributed by atoms with Crippen LogP contribution in [0.25, 0.3) is 0 Å². The van der Waals surface area contributed by atoms with Crippen LogP contribution in [0.2, 0.25) is 0 Å². The van der Waals surface area contributed by atoms with Gasteiger partial charge in [-0.15, -0.1) is 11.3 Å². The molecular weight excluding hydrogens is 310 g/mol. The van der Waals surface area contributed by atoms with Gasteiger partial charge in [0.05, 0.1) is 9.54 Å². The van der Waals surface area contributed by atoms with E-state index in [0.717, 1.165) is 13.1 Å². The summed E-state index contributed by atoms with van der Waals surface area (Å²) in [5.41, 5.74) is 1.25. The molecule has 1 heterocycles. The van der Waals surface area contributed by atoms with Gasteiger partial charge in [-0.05, 0) is 47.4 Å². The molecule has 0 atom stereocenters. The van der Waals surface area contributed by atoms with E-state index in [1.54, 1.807) is 11.3 Å². The van der Waals surface area contributed by atoms with Crippen molar-refractivity contribution >= 4 is 37.1 Å². The van der Waals surface area contributed by atoms with E-state index in [1.165, 1.54) is 20.5 Å². The molecule has 0 unspecified atom stereocenters. The average molecular weight is 326 g/mol. The van der Waals surface area contributed by atoms with Gasteiger partial charge < -0.3 is 5.32 Å². The van der Waals surface area contributed by atoms with Crippen LogP contribution in [0.5, 0.6) is 0 Å². The minimum absolute atomic E-state index is 0.257. The lowest BCUT2D eigenvalue weighted by molar-refractivity contribution is 0.594. The number of hydrogen-bond acceptors (Lipinski definition) is 4. The van der Waals surface area contributed by atoms with E-state index < -0.39 is 9.84 Å². The summed E-state index contributed by atoms with van der Waals surface area (Å²) >= 11 is 5.19. The van der Waals surface area contributed by atoms with Gasteiger partial charge in [-0.2, -0.15) is 0 Å². The largest absolute Gasteiger partial charge is 0.312 e. The fourth-order valence-corrected chi connectivity index (χ4v) is 3.55. The van der Waals surface area contributed by atoms with Gasteiger partial charge in [0, 0.05) is 17.7 Å². The number of halogens is 1. The maximum atomic E-state index is 10.9. The Hall–Kier alpha value is 0.0900. The van der Waals surface area contributed by atoms with Crippen molar-refractivity contribution in [2.75, 3.05) is 18.6 Å². The summed E-state index contributed by atoms with van der Waals surface area (Å²) in [6.45, 7) is 3.61. The van der Waals surface area contributed by atoms with E-state index in [-0.39, 0.29) is 5.75 Å². The Labute approximate surface area is 109 Å². The van der Waals surface area contributed by atoms with Crippen molar-refractivity contribution in [3.63, 3.8) is 0 Å². The van der Waals surface area contributed by atoms with Crippen molar-refractivity contribution in [3.8, 4) is 0 Å². The first kappa shape index (κ1) is 14.2. The predicted molar refractivity (Wildman–Crippen MR) is 72.8 cm³/mol. The standard InChI is InChI=1S/C10H16BrNO2S2/c1-8-6-9(15-10(8)11)7-12-4-3-5-16(2,13)14/h6,12H,3-5,7H2,1-2H3. The normalized spacial score (nSPS) is 11.9. The summed E-state index contributed by atoms with van der Waals surface area (Å²) in [4.78, 5) is 1.27. The van der Waals surface area contributed by atoms with Crippen molar-refractivity contribution < 1.29 is 8.42 Å². The third kappa shape index (κ3) is 5.43. The molecule has 1 aromatic heterocycles. The molecule has 0 radical (unpaired) electrons. The van der Waals surface area contributed by atoms with Crippen molar-refractivity contribution in [1.82, 2.24) is 5.32 Å². The van der Waals surface area contributed by atoms with E-state index in [1.807, 2.05) is 0 Å². The van der Waals surface area contributed by atoms with Crippen LogP contribution in [0.3, 0.4) is 0 Å². The molecule has 0 aliphatic carbocycles. The van der Waals surface area contributed by atoms with Crippen LogP contribution in [0, 0.1) is 6.92 Å². The van der Waals surface area contributed by atoms with Crippen LogP contribution in [-0.2, 0) is 16.4 Å². The Morgan fingerprint density at radius 2 is 2.19 bits per heavy atom.